The number of carbonyl (C=O) groups excluding carboxylic acids is 1. The molecule has 0 bridgehead atoms. The Kier molecular flexibility index (Phi) is 4.15. The Labute approximate surface area is 133 Å². The quantitative estimate of drug-likeness (QED) is 0.777. The molecule has 23 heavy (non-hydrogen) atoms. The minimum Gasteiger partial charge on any atom is -0.307 e. The molecule has 0 saturated carbocycles. The lowest BCUT2D eigenvalue weighted by Crippen LogP contribution is -2.13. The van der Waals surface area contributed by atoms with Crippen molar-refractivity contribution >= 4 is 11.7 Å². The van der Waals surface area contributed by atoms with Crippen LogP contribution in [-0.2, 0) is 0 Å². The molecule has 3 aromatic rings. The molecule has 0 atom stereocenters. The van der Waals surface area contributed by atoms with Crippen LogP contribution < -0.4 is 5.32 Å². The monoisotopic (exact) mass is 306 g/mol. The molecule has 4 heteroatoms. The predicted octanol–water partition coefficient (Wildman–Crippen LogP) is 4.45. The van der Waals surface area contributed by atoms with E-state index < -0.39 is 5.82 Å². The second-order valence-electron chi connectivity index (χ2n) is 5.24. The summed E-state index contributed by atoms with van der Waals surface area (Å²) < 4.78 is 14.3. The average molecular weight is 306 g/mol. The van der Waals surface area contributed by atoms with Crippen molar-refractivity contribution in [1.29, 1.82) is 0 Å². The molecule has 1 amide bonds. The Balaban J connectivity index is 1.82. The molecule has 1 N–H and O–H groups in total. The SMILES string of the molecule is Cc1ccc(NC(=O)c2ccc(-c3ccccc3)c(F)c2)nc1. The maximum absolute atomic E-state index is 14.3. The zero-order valence-corrected chi connectivity index (χ0v) is 12.6. The number of halogens is 1. The minimum atomic E-state index is -0.430. The number of hydrogen-bond donors (Lipinski definition) is 1. The first kappa shape index (κ1) is 14.9. The zero-order valence-electron chi connectivity index (χ0n) is 12.6. The van der Waals surface area contributed by atoms with Gasteiger partial charge in [-0.15, -0.1) is 0 Å². The second kappa shape index (κ2) is 6.40. The number of nitrogens with zero attached hydrogens (tertiary/aromatic N) is 1. The molecule has 3 nitrogen and oxygen atoms in total. The summed E-state index contributed by atoms with van der Waals surface area (Å²) in [6.45, 7) is 1.91. The highest BCUT2D eigenvalue weighted by molar-refractivity contribution is 6.04. The number of hydrogen-bond acceptors (Lipinski definition) is 2. The number of pyridine rings is 1. The van der Waals surface area contributed by atoms with Crippen LogP contribution in [0.2, 0.25) is 0 Å². The van der Waals surface area contributed by atoms with E-state index in [0.29, 0.717) is 11.4 Å². The van der Waals surface area contributed by atoms with Gasteiger partial charge in [0.2, 0.25) is 0 Å². The molecule has 3 rings (SSSR count). The molecule has 0 spiro atoms. The van der Waals surface area contributed by atoms with Crippen LogP contribution >= 0.6 is 0 Å². The van der Waals surface area contributed by atoms with Gasteiger partial charge in [0.05, 0.1) is 0 Å². The van der Waals surface area contributed by atoms with Crippen LogP contribution in [0.4, 0.5) is 10.2 Å². The Morgan fingerprint density at radius 1 is 1.04 bits per heavy atom. The van der Waals surface area contributed by atoms with E-state index in [1.54, 1.807) is 24.4 Å². The highest BCUT2D eigenvalue weighted by Gasteiger charge is 2.11. The Morgan fingerprint density at radius 3 is 2.48 bits per heavy atom. The van der Waals surface area contributed by atoms with Crippen LogP contribution in [0.1, 0.15) is 15.9 Å². The van der Waals surface area contributed by atoms with Crippen molar-refractivity contribution in [2.24, 2.45) is 0 Å². The number of rotatable bonds is 3. The lowest BCUT2D eigenvalue weighted by atomic mass is 10.0. The number of amides is 1. The van der Waals surface area contributed by atoms with E-state index in [4.69, 9.17) is 0 Å². The number of aryl methyl sites for hydroxylation is 1. The van der Waals surface area contributed by atoms with Crippen molar-refractivity contribution in [1.82, 2.24) is 4.98 Å². The number of aromatic nitrogens is 1. The standard InChI is InChI=1S/C19H15FN2O/c1-13-7-10-18(21-12-13)22-19(23)15-8-9-16(17(20)11-15)14-5-3-2-4-6-14/h2-12H,1H3,(H,21,22,23). The lowest BCUT2D eigenvalue weighted by Gasteiger charge is -2.07. The Bertz CT molecular complexity index is 830. The normalized spacial score (nSPS) is 10.3. The third-order valence-electron chi connectivity index (χ3n) is 3.47. The number of benzene rings is 2. The summed E-state index contributed by atoms with van der Waals surface area (Å²) in [5.74, 6) is -0.381. The van der Waals surface area contributed by atoms with E-state index in [1.807, 2.05) is 43.3 Å². The third-order valence-corrected chi connectivity index (χ3v) is 3.47. The summed E-state index contributed by atoms with van der Waals surface area (Å²) in [7, 11) is 0. The zero-order chi connectivity index (χ0) is 16.2. The Hall–Kier alpha value is -3.01. The summed E-state index contributed by atoms with van der Waals surface area (Å²) in [4.78, 5) is 16.3. The molecule has 1 aromatic heterocycles. The number of carbonyl (C=O) groups is 1. The second-order valence-corrected chi connectivity index (χ2v) is 5.24. The van der Waals surface area contributed by atoms with Crippen molar-refractivity contribution in [3.63, 3.8) is 0 Å². The van der Waals surface area contributed by atoms with E-state index in [1.165, 1.54) is 6.07 Å². The van der Waals surface area contributed by atoms with Gasteiger partial charge in [0.25, 0.3) is 5.91 Å². The van der Waals surface area contributed by atoms with Gasteiger partial charge in [0.1, 0.15) is 11.6 Å². The van der Waals surface area contributed by atoms with Crippen molar-refractivity contribution in [3.05, 3.63) is 83.8 Å². The largest absolute Gasteiger partial charge is 0.307 e. The molecule has 0 saturated heterocycles. The molecule has 1 heterocycles. The first-order chi connectivity index (χ1) is 11.1. The number of anilines is 1. The highest BCUT2D eigenvalue weighted by atomic mass is 19.1. The fourth-order valence-corrected chi connectivity index (χ4v) is 2.24. The lowest BCUT2D eigenvalue weighted by molar-refractivity contribution is 0.102. The highest BCUT2D eigenvalue weighted by Crippen LogP contribution is 2.23. The van der Waals surface area contributed by atoms with E-state index in [2.05, 4.69) is 10.3 Å². The average Bonchev–Trinajstić information content (AvgIpc) is 2.57. The summed E-state index contributed by atoms with van der Waals surface area (Å²) in [5, 5.41) is 2.66. The third kappa shape index (κ3) is 3.43. The van der Waals surface area contributed by atoms with Crippen molar-refractivity contribution < 1.29 is 9.18 Å². The molecule has 114 valence electrons. The Morgan fingerprint density at radius 2 is 1.83 bits per heavy atom. The van der Waals surface area contributed by atoms with Gasteiger partial charge >= 0.3 is 0 Å². The molecule has 0 radical (unpaired) electrons. The summed E-state index contributed by atoms with van der Waals surface area (Å²) >= 11 is 0. The molecule has 0 aliphatic carbocycles. The molecule has 0 aliphatic heterocycles. The molecule has 0 fully saturated rings. The summed E-state index contributed by atoms with van der Waals surface area (Å²) in [6.07, 6.45) is 1.66. The van der Waals surface area contributed by atoms with Crippen LogP contribution in [0, 0.1) is 12.7 Å². The van der Waals surface area contributed by atoms with Gasteiger partial charge in [0, 0.05) is 17.3 Å². The van der Waals surface area contributed by atoms with Gasteiger partial charge in [-0.05, 0) is 36.2 Å². The fraction of sp³-hybridized carbons (Fsp3) is 0.0526. The van der Waals surface area contributed by atoms with Crippen molar-refractivity contribution in [2.75, 3.05) is 5.32 Å². The minimum absolute atomic E-state index is 0.254. The van der Waals surface area contributed by atoms with E-state index in [0.717, 1.165) is 11.1 Å². The van der Waals surface area contributed by atoms with Gasteiger partial charge in [-0.2, -0.15) is 0 Å². The van der Waals surface area contributed by atoms with Crippen LogP contribution in [0.25, 0.3) is 11.1 Å². The summed E-state index contributed by atoms with van der Waals surface area (Å²) in [6, 6.07) is 17.2. The molecule has 0 unspecified atom stereocenters. The van der Waals surface area contributed by atoms with Crippen molar-refractivity contribution in [3.8, 4) is 11.1 Å². The van der Waals surface area contributed by atoms with Crippen LogP contribution in [0.15, 0.2) is 66.9 Å². The van der Waals surface area contributed by atoms with Crippen LogP contribution in [0.5, 0.6) is 0 Å². The maximum Gasteiger partial charge on any atom is 0.256 e. The predicted molar refractivity (Wildman–Crippen MR) is 88.8 cm³/mol. The van der Waals surface area contributed by atoms with Crippen molar-refractivity contribution in [2.45, 2.75) is 6.92 Å². The maximum atomic E-state index is 14.3. The molecular formula is C19H15FN2O. The van der Waals surface area contributed by atoms with Crippen LogP contribution in [-0.4, -0.2) is 10.9 Å². The first-order valence-corrected chi connectivity index (χ1v) is 7.22. The van der Waals surface area contributed by atoms with Gasteiger partial charge in [-0.1, -0.05) is 42.5 Å². The smallest absolute Gasteiger partial charge is 0.256 e. The number of nitrogens with one attached hydrogen (secondary N) is 1. The molecule has 0 aliphatic rings. The topological polar surface area (TPSA) is 42.0 Å². The van der Waals surface area contributed by atoms with E-state index >= 15 is 0 Å². The van der Waals surface area contributed by atoms with E-state index in [-0.39, 0.29) is 11.5 Å². The first-order valence-electron chi connectivity index (χ1n) is 7.22. The van der Waals surface area contributed by atoms with Gasteiger partial charge in [-0.25, -0.2) is 9.37 Å². The van der Waals surface area contributed by atoms with Gasteiger partial charge in [-0.3, -0.25) is 4.79 Å². The van der Waals surface area contributed by atoms with E-state index in [9.17, 15) is 9.18 Å². The van der Waals surface area contributed by atoms with Gasteiger partial charge < -0.3 is 5.32 Å². The molecule has 2 aromatic carbocycles. The van der Waals surface area contributed by atoms with Gasteiger partial charge in [0.15, 0.2) is 0 Å². The fourth-order valence-electron chi connectivity index (χ4n) is 2.24. The van der Waals surface area contributed by atoms with Crippen LogP contribution in [0.3, 0.4) is 0 Å². The molecular weight excluding hydrogens is 291 g/mol. The summed E-state index contributed by atoms with van der Waals surface area (Å²) in [5.41, 5.74) is 2.50.